The van der Waals surface area contributed by atoms with E-state index in [0.29, 0.717) is 0 Å². The first kappa shape index (κ1) is 19.3. The number of amides is 2. The number of nitrogens with one attached hydrogen (secondary N) is 2. The van der Waals surface area contributed by atoms with E-state index >= 15 is 0 Å². The van der Waals surface area contributed by atoms with Crippen LogP contribution in [0.5, 0.6) is 5.75 Å². The third-order valence-corrected chi connectivity index (χ3v) is 4.39. The molecule has 1 saturated carbocycles. The molecule has 2 amide bonds. The Kier molecular flexibility index (Phi) is 6.85. The number of ether oxygens (including phenoxy) is 1. The molecule has 0 bridgehead atoms. The number of benzene rings is 1. The molecule has 1 fully saturated rings. The molecule has 0 spiro atoms. The molecule has 1 aliphatic carbocycles. The molecule has 1 aromatic rings. The average Bonchev–Trinajstić information content (AvgIpc) is 2.55. The Balaban J connectivity index is 1.81. The molecule has 5 heteroatoms. The molecule has 0 saturated heterocycles. The molecule has 0 atom stereocenters. The minimum Gasteiger partial charge on any atom is -0.491 e. The Morgan fingerprint density at radius 2 is 1.44 bits per heavy atom. The Bertz CT molecular complexity index is 573. The zero-order chi connectivity index (χ0) is 18.4. The molecule has 2 N–H and O–H groups in total. The van der Waals surface area contributed by atoms with E-state index in [9.17, 15) is 9.59 Å². The van der Waals surface area contributed by atoms with E-state index in [1.807, 2.05) is 52.0 Å². The van der Waals surface area contributed by atoms with Gasteiger partial charge in [0.15, 0.2) is 0 Å². The van der Waals surface area contributed by atoms with Gasteiger partial charge in [0, 0.05) is 23.6 Å². The first-order chi connectivity index (χ1) is 11.8. The number of hydrogen-bond donors (Lipinski definition) is 2. The summed E-state index contributed by atoms with van der Waals surface area (Å²) in [6.07, 6.45) is 3.20. The second kappa shape index (κ2) is 8.88. The summed E-state index contributed by atoms with van der Waals surface area (Å²) in [5.74, 6) is 0.980. The van der Waals surface area contributed by atoms with Crippen LogP contribution >= 0.6 is 0 Å². The summed E-state index contributed by atoms with van der Waals surface area (Å²) in [5.41, 5.74) is 0.779. The number of carbonyl (C=O) groups excluding carboxylic acids is 2. The van der Waals surface area contributed by atoms with Gasteiger partial charge in [-0.3, -0.25) is 9.59 Å². The molecule has 1 aromatic carbocycles. The van der Waals surface area contributed by atoms with Gasteiger partial charge in [-0.05, 0) is 77.6 Å². The molecule has 0 unspecified atom stereocenters. The lowest BCUT2D eigenvalue weighted by molar-refractivity contribution is -0.128. The van der Waals surface area contributed by atoms with Crippen molar-refractivity contribution in [2.75, 3.05) is 5.32 Å². The summed E-state index contributed by atoms with van der Waals surface area (Å²) in [4.78, 5) is 24.5. The Labute approximate surface area is 150 Å². The SMILES string of the molecule is CC(C)NC(=O)C1CCC(C(=O)Nc2ccc(OC(C)C)cc2)CC1. The van der Waals surface area contributed by atoms with Crippen molar-refractivity contribution < 1.29 is 14.3 Å². The topological polar surface area (TPSA) is 67.4 Å². The average molecular weight is 346 g/mol. The van der Waals surface area contributed by atoms with Crippen LogP contribution in [-0.2, 0) is 9.59 Å². The van der Waals surface area contributed by atoms with Crippen molar-refractivity contribution in [3.8, 4) is 5.75 Å². The summed E-state index contributed by atoms with van der Waals surface area (Å²) in [7, 11) is 0. The second-order valence-electron chi connectivity index (χ2n) is 7.39. The van der Waals surface area contributed by atoms with Crippen LogP contribution in [0.25, 0.3) is 0 Å². The van der Waals surface area contributed by atoms with Gasteiger partial charge >= 0.3 is 0 Å². The zero-order valence-corrected chi connectivity index (χ0v) is 15.7. The van der Waals surface area contributed by atoms with Crippen molar-refractivity contribution in [1.29, 1.82) is 0 Å². The maximum absolute atomic E-state index is 12.4. The maximum Gasteiger partial charge on any atom is 0.227 e. The van der Waals surface area contributed by atoms with Gasteiger partial charge in [0.05, 0.1) is 6.10 Å². The molecule has 0 aliphatic heterocycles. The van der Waals surface area contributed by atoms with E-state index in [4.69, 9.17) is 4.74 Å². The number of hydrogen-bond acceptors (Lipinski definition) is 3. The van der Waals surface area contributed by atoms with Crippen LogP contribution in [0.15, 0.2) is 24.3 Å². The molecular formula is C20H30N2O3. The van der Waals surface area contributed by atoms with Crippen molar-refractivity contribution in [3.63, 3.8) is 0 Å². The van der Waals surface area contributed by atoms with Crippen molar-refractivity contribution >= 4 is 17.5 Å². The molecule has 25 heavy (non-hydrogen) atoms. The largest absolute Gasteiger partial charge is 0.491 e. The highest BCUT2D eigenvalue weighted by atomic mass is 16.5. The highest BCUT2D eigenvalue weighted by Crippen LogP contribution is 2.30. The van der Waals surface area contributed by atoms with Gasteiger partial charge in [0.25, 0.3) is 0 Å². The summed E-state index contributed by atoms with van der Waals surface area (Å²) >= 11 is 0. The van der Waals surface area contributed by atoms with E-state index in [-0.39, 0.29) is 35.8 Å². The highest BCUT2D eigenvalue weighted by Gasteiger charge is 2.30. The highest BCUT2D eigenvalue weighted by molar-refractivity contribution is 5.92. The van der Waals surface area contributed by atoms with Crippen LogP contribution in [0, 0.1) is 11.8 Å². The third kappa shape index (κ3) is 6.07. The van der Waals surface area contributed by atoms with Gasteiger partial charge in [-0.1, -0.05) is 0 Å². The molecule has 1 aliphatic rings. The fraction of sp³-hybridized carbons (Fsp3) is 0.600. The minimum atomic E-state index is -0.0188. The van der Waals surface area contributed by atoms with Crippen molar-refractivity contribution in [3.05, 3.63) is 24.3 Å². The van der Waals surface area contributed by atoms with Crippen LogP contribution < -0.4 is 15.4 Å². The Hall–Kier alpha value is -2.04. The van der Waals surface area contributed by atoms with Gasteiger partial charge in [-0.15, -0.1) is 0 Å². The monoisotopic (exact) mass is 346 g/mol. The van der Waals surface area contributed by atoms with Gasteiger partial charge in [0.1, 0.15) is 5.75 Å². The maximum atomic E-state index is 12.4. The van der Waals surface area contributed by atoms with E-state index in [0.717, 1.165) is 37.1 Å². The molecule has 0 heterocycles. The first-order valence-electron chi connectivity index (χ1n) is 9.23. The number of anilines is 1. The van der Waals surface area contributed by atoms with Crippen molar-refractivity contribution in [2.24, 2.45) is 11.8 Å². The molecular weight excluding hydrogens is 316 g/mol. The molecule has 138 valence electrons. The smallest absolute Gasteiger partial charge is 0.227 e. The number of carbonyl (C=O) groups is 2. The van der Waals surface area contributed by atoms with Crippen LogP contribution in [0.3, 0.4) is 0 Å². The molecule has 2 rings (SSSR count). The fourth-order valence-electron chi connectivity index (χ4n) is 3.15. The van der Waals surface area contributed by atoms with E-state index < -0.39 is 0 Å². The van der Waals surface area contributed by atoms with Gasteiger partial charge in [0.2, 0.25) is 11.8 Å². The van der Waals surface area contributed by atoms with E-state index in [1.54, 1.807) is 0 Å². The van der Waals surface area contributed by atoms with Crippen LogP contribution in [0.2, 0.25) is 0 Å². The molecule has 0 radical (unpaired) electrons. The summed E-state index contributed by atoms with van der Waals surface area (Å²) in [6.45, 7) is 7.89. The van der Waals surface area contributed by atoms with Crippen molar-refractivity contribution in [2.45, 2.75) is 65.5 Å². The quantitative estimate of drug-likeness (QED) is 0.824. The van der Waals surface area contributed by atoms with Gasteiger partial charge in [-0.2, -0.15) is 0 Å². The lowest BCUT2D eigenvalue weighted by atomic mass is 9.81. The minimum absolute atomic E-state index is 0.0188. The fourth-order valence-corrected chi connectivity index (χ4v) is 3.15. The predicted molar refractivity (Wildman–Crippen MR) is 99.6 cm³/mol. The normalized spacial score (nSPS) is 20.4. The van der Waals surface area contributed by atoms with Crippen LogP contribution in [0.1, 0.15) is 53.4 Å². The first-order valence-corrected chi connectivity index (χ1v) is 9.23. The summed E-state index contributed by atoms with van der Waals surface area (Å²) in [6, 6.07) is 7.61. The second-order valence-corrected chi connectivity index (χ2v) is 7.39. The van der Waals surface area contributed by atoms with Crippen LogP contribution in [0.4, 0.5) is 5.69 Å². The molecule has 0 aromatic heterocycles. The third-order valence-electron chi connectivity index (χ3n) is 4.39. The zero-order valence-electron chi connectivity index (χ0n) is 15.7. The summed E-state index contributed by atoms with van der Waals surface area (Å²) < 4.78 is 5.60. The van der Waals surface area contributed by atoms with Crippen LogP contribution in [-0.4, -0.2) is 24.0 Å². The van der Waals surface area contributed by atoms with Crippen molar-refractivity contribution in [1.82, 2.24) is 5.32 Å². The van der Waals surface area contributed by atoms with E-state index in [2.05, 4.69) is 10.6 Å². The summed E-state index contributed by atoms with van der Waals surface area (Å²) in [5, 5.41) is 5.94. The lowest BCUT2D eigenvalue weighted by Crippen LogP contribution is -2.38. The van der Waals surface area contributed by atoms with Gasteiger partial charge < -0.3 is 15.4 Å². The Morgan fingerprint density at radius 3 is 1.92 bits per heavy atom. The lowest BCUT2D eigenvalue weighted by Gasteiger charge is -2.27. The van der Waals surface area contributed by atoms with Gasteiger partial charge in [-0.25, -0.2) is 0 Å². The van der Waals surface area contributed by atoms with E-state index in [1.165, 1.54) is 0 Å². The number of rotatable bonds is 6. The predicted octanol–water partition coefficient (Wildman–Crippen LogP) is 3.74. The Morgan fingerprint density at radius 1 is 0.920 bits per heavy atom. The standard InChI is InChI=1S/C20H30N2O3/c1-13(2)21-19(23)15-5-7-16(8-6-15)20(24)22-17-9-11-18(12-10-17)25-14(3)4/h9-16H,5-8H2,1-4H3,(H,21,23)(H,22,24). The molecule has 5 nitrogen and oxygen atoms in total.